The first kappa shape index (κ1) is 13.7. The van der Waals surface area contributed by atoms with E-state index in [-0.39, 0.29) is 5.91 Å². The number of likely N-dealkylation sites (N-methyl/N-ethyl adjacent to an activating group) is 1. The second-order valence-corrected chi connectivity index (χ2v) is 6.35. The first-order valence-electron chi connectivity index (χ1n) is 6.73. The van der Waals surface area contributed by atoms with Gasteiger partial charge in [-0.2, -0.15) is 0 Å². The fourth-order valence-corrected chi connectivity index (χ4v) is 3.42. The zero-order valence-corrected chi connectivity index (χ0v) is 12.1. The monoisotopic (exact) mass is 269 g/mol. The van der Waals surface area contributed by atoms with Crippen LogP contribution in [0.1, 0.15) is 26.2 Å². The summed E-state index contributed by atoms with van der Waals surface area (Å²) in [4.78, 5) is 17.3. The molecule has 1 aliphatic carbocycles. The summed E-state index contributed by atoms with van der Waals surface area (Å²) >= 11 is 5.16. The summed E-state index contributed by atoms with van der Waals surface area (Å²) < 4.78 is 0. The summed E-state index contributed by atoms with van der Waals surface area (Å²) in [6.45, 7) is 5.78. The van der Waals surface area contributed by atoms with Gasteiger partial charge in [0.1, 0.15) is 0 Å². The van der Waals surface area contributed by atoms with Crippen molar-refractivity contribution in [2.75, 3.05) is 33.2 Å². The quantitative estimate of drug-likeness (QED) is 0.755. The second kappa shape index (κ2) is 5.13. The first-order valence-corrected chi connectivity index (χ1v) is 7.14. The number of carbonyl (C=O) groups excluding carboxylic acids is 1. The Morgan fingerprint density at radius 3 is 2.50 bits per heavy atom. The molecule has 5 heteroatoms. The van der Waals surface area contributed by atoms with Gasteiger partial charge in [0.2, 0.25) is 5.91 Å². The number of nitrogens with two attached hydrogens (primary N) is 1. The third kappa shape index (κ3) is 2.38. The zero-order valence-electron chi connectivity index (χ0n) is 11.3. The summed E-state index contributed by atoms with van der Waals surface area (Å²) in [5, 5.41) is 0. The molecule has 2 rings (SSSR count). The maximum absolute atomic E-state index is 12.7. The normalized spacial score (nSPS) is 33.7. The van der Waals surface area contributed by atoms with Crippen LogP contribution in [0.4, 0.5) is 0 Å². The predicted molar refractivity (Wildman–Crippen MR) is 76.3 cm³/mol. The smallest absolute Gasteiger partial charge is 0.235 e. The van der Waals surface area contributed by atoms with Crippen molar-refractivity contribution in [1.29, 1.82) is 0 Å². The van der Waals surface area contributed by atoms with E-state index < -0.39 is 5.41 Å². The molecule has 0 aromatic heterocycles. The number of hydrogen-bond donors (Lipinski definition) is 1. The topological polar surface area (TPSA) is 49.6 Å². The van der Waals surface area contributed by atoms with Crippen molar-refractivity contribution in [3.63, 3.8) is 0 Å². The minimum absolute atomic E-state index is 0.170. The van der Waals surface area contributed by atoms with Crippen molar-refractivity contribution in [2.24, 2.45) is 17.1 Å². The highest BCUT2D eigenvalue weighted by Crippen LogP contribution is 2.47. The Hall–Kier alpha value is -0.680. The Balaban J connectivity index is 2.07. The van der Waals surface area contributed by atoms with Gasteiger partial charge in [-0.15, -0.1) is 0 Å². The van der Waals surface area contributed by atoms with Crippen LogP contribution in [-0.2, 0) is 4.79 Å². The van der Waals surface area contributed by atoms with Crippen molar-refractivity contribution in [3.8, 4) is 0 Å². The molecule has 1 heterocycles. The minimum atomic E-state index is -0.530. The van der Waals surface area contributed by atoms with Crippen molar-refractivity contribution in [3.05, 3.63) is 0 Å². The van der Waals surface area contributed by atoms with Crippen LogP contribution in [0, 0.1) is 11.3 Å². The number of amides is 1. The summed E-state index contributed by atoms with van der Waals surface area (Å²) in [6.07, 6.45) is 2.69. The molecule has 1 amide bonds. The summed E-state index contributed by atoms with van der Waals surface area (Å²) in [5.74, 6) is 0.730. The van der Waals surface area contributed by atoms with E-state index in [0.29, 0.717) is 10.9 Å². The highest BCUT2D eigenvalue weighted by atomic mass is 32.1. The third-order valence-electron chi connectivity index (χ3n) is 4.28. The molecular weight excluding hydrogens is 246 g/mol. The Morgan fingerprint density at radius 2 is 1.94 bits per heavy atom. The van der Waals surface area contributed by atoms with Crippen LogP contribution >= 0.6 is 12.2 Å². The van der Waals surface area contributed by atoms with Gasteiger partial charge in [0, 0.05) is 19.6 Å². The SMILES string of the molecule is CC1CC(C(=O)N2CCCN(C)CC2)(C(N)=S)C1. The standard InChI is InChI=1S/C13H23N3OS/c1-10-8-13(9-10,11(14)18)12(17)16-5-3-4-15(2)6-7-16/h10H,3-9H2,1-2H3,(H2,14,18). The Bertz CT molecular complexity index is 352. The molecule has 4 nitrogen and oxygen atoms in total. The highest BCUT2D eigenvalue weighted by molar-refractivity contribution is 7.80. The lowest BCUT2D eigenvalue weighted by atomic mass is 9.61. The van der Waals surface area contributed by atoms with Crippen LogP contribution in [0.2, 0.25) is 0 Å². The van der Waals surface area contributed by atoms with Gasteiger partial charge in [-0.1, -0.05) is 19.1 Å². The fourth-order valence-electron chi connectivity index (χ4n) is 3.16. The van der Waals surface area contributed by atoms with Crippen LogP contribution in [0.3, 0.4) is 0 Å². The van der Waals surface area contributed by atoms with Crippen LogP contribution in [-0.4, -0.2) is 53.9 Å². The number of rotatable bonds is 2. The average Bonchev–Trinajstić information content (AvgIpc) is 2.48. The molecule has 0 aromatic carbocycles. The molecule has 0 spiro atoms. The minimum Gasteiger partial charge on any atom is -0.392 e. The molecule has 1 aliphatic heterocycles. The molecule has 0 atom stereocenters. The second-order valence-electron chi connectivity index (χ2n) is 5.91. The lowest BCUT2D eigenvalue weighted by Gasteiger charge is -2.46. The summed E-state index contributed by atoms with van der Waals surface area (Å²) in [5.41, 5.74) is 5.31. The number of hydrogen-bond acceptors (Lipinski definition) is 3. The molecule has 1 saturated carbocycles. The maximum atomic E-state index is 12.7. The van der Waals surface area contributed by atoms with Crippen LogP contribution in [0.15, 0.2) is 0 Å². The van der Waals surface area contributed by atoms with E-state index in [9.17, 15) is 4.79 Å². The number of thiocarbonyl (C=S) groups is 1. The van der Waals surface area contributed by atoms with Crippen molar-refractivity contribution in [2.45, 2.75) is 26.2 Å². The molecule has 0 bridgehead atoms. The van der Waals surface area contributed by atoms with E-state index in [4.69, 9.17) is 18.0 Å². The van der Waals surface area contributed by atoms with E-state index in [1.165, 1.54) is 0 Å². The number of nitrogens with zero attached hydrogens (tertiary/aromatic N) is 2. The van der Waals surface area contributed by atoms with Gasteiger partial charge in [-0.05, 0) is 38.8 Å². The van der Waals surface area contributed by atoms with Crippen LogP contribution in [0.25, 0.3) is 0 Å². The van der Waals surface area contributed by atoms with Gasteiger partial charge >= 0.3 is 0 Å². The van der Waals surface area contributed by atoms with E-state index in [1.54, 1.807) is 0 Å². The van der Waals surface area contributed by atoms with Gasteiger partial charge in [0.05, 0.1) is 10.4 Å². The molecule has 2 N–H and O–H groups in total. The molecule has 0 unspecified atom stereocenters. The Labute approximate surface area is 114 Å². The largest absolute Gasteiger partial charge is 0.392 e. The van der Waals surface area contributed by atoms with Gasteiger partial charge in [-0.3, -0.25) is 4.79 Å². The van der Waals surface area contributed by atoms with Gasteiger partial charge in [0.15, 0.2) is 0 Å². The van der Waals surface area contributed by atoms with Crippen molar-refractivity contribution in [1.82, 2.24) is 9.80 Å². The van der Waals surface area contributed by atoms with E-state index in [0.717, 1.165) is 45.4 Å². The predicted octanol–water partition coefficient (Wildman–Crippen LogP) is 0.853. The lowest BCUT2D eigenvalue weighted by Crippen LogP contribution is -2.57. The van der Waals surface area contributed by atoms with Gasteiger partial charge in [-0.25, -0.2) is 0 Å². The fraction of sp³-hybridized carbons (Fsp3) is 0.846. The van der Waals surface area contributed by atoms with Crippen molar-refractivity contribution < 1.29 is 4.79 Å². The highest BCUT2D eigenvalue weighted by Gasteiger charge is 2.52. The molecule has 0 aromatic rings. The summed E-state index contributed by atoms with van der Waals surface area (Å²) in [6, 6.07) is 0. The lowest BCUT2D eigenvalue weighted by molar-refractivity contribution is -0.144. The van der Waals surface area contributed by atoms with E-state index >= 15 is 0 Å². The average molecular weight is 269 g/mol. The van der Waals surface area contributed by atoms with E-state index in [2.05, 4.69) is 18.9 Å². The first-order chi connectivity index (χ1) is 8.45. The molecule has 18 heavy (non-hydrogen) atoms. The molecule has 1 saturated heterocycles. The maximum Gasteiger partial charge on any atom is 0.235 e. The molecule has 2 fully saturated rings. The third-order valence-corrected chi connectivity index (χ3v) is 4.67. The van der Waals surface area contributed by atoms with Crippen LogP contribution < -0.4 is 5.73 Å². The molecule has 2 aliphatic rings. The zero-order chi connectivity index (χ0) is 13.3. The molecule has 0 radical (unpaired) electrons. The van der Waals surface area contributed by atoms with Crippen LogP contribution in [0.5, 0.6) is 0 Å². The Kier molecular flexibility index (Phi) is 3.92. The van der Waals surface area contributed by atoms with E-state index in [1.807, 2.05) is 4.90 Å². The van der Waals surface area contributed by atoms with Gasteiger partial charge < -0.3 is 15.5 Å². The van der Waals surface area contributed by atoms with Crippen molar-refractivity contribution >= 4 is 23.1 Å². The summed E-state index contributed by atoms with van der Waals surface area (Å²) in [7, 11) is 2.10. The Morgan fingerprint density at radius 1 is 1.28 bits per heavy atom. The molecular formula is C13H23N3OS. The van der Waals surface area contributed by atoms with Gasteiger partial charge in [0.25, 0.3) is 0 Å². The number of carbonyl (C=O) groups is 1. The molecule has 102 valence electrons.